The third-order valence-electron chi connectivity index (χ3n) is 4.00. The molecule has 90 valence electrons. The minimum atomic E-state index is 0.178. The lowest BCUT2D eigenvalue weighted by atomic mass is 9.93. The van der Waals surface area contributed by atoms with Crippen molar-refractivity contribution < 1.29 is 0 Å². The van der Waals surface area contributed by atoms with Crippen molar-refractivity contribution in [2.45, 2.75) is 52.0 Å². The van der Waals surface area contributed by atoms with E-state index in [-0.39, 0.29) is 6.04 Å². The van der Waals surface area contributed by atoms with Gasteiger partial charge in [0.25, 0.3) is 0 Å². The van der Waals surface area contributed by atoms with Crippen LogP contribution < -0.4 is 5.73 Å². The molecule has 3 heteroatoms. The van der Waals surface area contributed by atoms with E-state index in [4.69, 9.17) is 5.73 Å². The fourth-order valence-corrected chi connectivity index (χ4v) is 3.05. The number of nitrogens with two attached hydrogens (primary N) is 1. The number of aromatic nitrogens is 2. The molecule has 0 bridgehead atoms. The summed E-state index contributed by atoms with van der Waals surface area (Å²) in [4.78, 5) is 0. The molecule has 1 heterocycles. The Kier molecular flexibility index (Phi) is 3.33. The van der Waals surface area contributed by atoms with E-state index in [1.807, 2.05) is 11.7 Å². The Labute approximate surface area is 98.0 Å². The van der Waals surface area contributed by atoms with E-state index in [1.54, 1.807) is 0 Å². The lowest BCUT2D eigenvalue weighted by Crippen LogP contribution is -2.15. The molecule has 1 aromatic rings. The smallest absolute Gasteiger partial charge is 0.0644 e. The van der Waals surface area contributed by atoms with E-state index in [2.05, 4.69) is 18.9 Å². The first kappa shape index (κ1) is 11.6. The van der Waals surface area contributed by atoms with Gasteiger partial charge in [-0.15, -0.1) is 0 Å². The molecule has 1 atom stereocenters. The van der Waals surface area contributed by atoms with Gasteiger partial charge in [0, 0.05) is 24.3 Å². The van der Waals surface area contributed by atoms with Gasteiger partial charge in [-0.3, -0.25) is 4.68 Å². The van der Waals surface area contributed by atoms with E-state index < -0.39 is 0 Å². The van der Waals surface area contributed by atoms with Crippen LogP contribution in [0.2, 0.25) is 0 Å². The molecule has 0 saturated heterocycles. The van der Waals surface area contributed by atoms with Crippen LogP contribution in [0.25, 0.3) is 0 Å². The number of hydrogen-bond acceptors (Lipinski definition) is 2. The average molecular weight is 221 g/mol. The van der Waals surface area contributed by atoms with E-state index in [0.717, 1.165) is 18.0 Å². The maximum absolute atomic E-state index is 6.34. The molecule has 3 nitrogen and oxygen atoms in total. The number of aryl methyl sites for hydroxylation is 2. The first-order valence-electron chi connectivity index (χ1n) is 6.35. The molecule has 2 N–H and O–H groups in total. The zero-order chi connectivity index (χ0) is 11.7. The normalized spacial score (nSPS) is 19.2. The van der Waals surface area contributed by atoms with Crippen LogP contribution in [0.15, 0.2) is 0 Å². The minimum absolute atomic E-state index is 0.178. The van der Waals surface area contributed by atoms with Gasteiger partial charge in [-0.05, 0) is 26.2 Å². The van der Waals surface area contributed by atoms with Gasteiger partial charge in [0.15, 0.2) is 0 Å². The van der Waals surface area contributed by atoms with Gasteiger partial charge in [0.05, 0.1) is 5.69 Å². The van der Waals surface area contributed by atoms with Crippen molar-refractivity contribution in [1.29, 1.82) is 0 Å². The SMILES string of the molecule is Cc1nn(C)c(C)c1C(N)CC1CCCC1. The molecular weight excluding hydrogens is 198 g/mol. The quantitative estimate of drug-likeness (QED) is 0.852. The van der Waals surface area contributed by atoms with Crippen molar-refractivity contribution in [3.8, 4) is 0 Å². The molecule has 2 rings (SSSR count). The van der Waals surface area contributed by atoms with Crippen LogP contribution in [0.4, 0.5) is 0 Å². The van der Waals surface area contributed by atoms with E-state index >= 15 is 0 Å². The molecule has 0 radical (unpaired) electrons. The van der Waals surface area contributed by atoms with Gasteiger partial charge < -0.3 is 5.73 Å². The first-order chi connectivity index (χ1) is 7.59. The summed E-state index contributed by atoms with van der Waals surface area (Å²) in [6.07, 6.45) is 6.65. The second kappa shape index (κ2) is 4.58. The summed E-state index contributed by atoms with van der Waals surface area (Å²) in [7, 11) is 1.99. The summed E-state index contributed by atoms with van der Waals surface area (Å²) in [5, 5.41) is 4.44. The topological polar surface area (TPSA) is 43.8 Å². The molecule has 0 spiro atoms. The maximum Gasteiger partial charge on any atom is 0.0644 e. The fourth-order valence-electron chi connectivity index (χ4n) is 3.05. The van der Waals surface area contributed by atoms with Crippen molar-refractivity contribution in [3.05, 3.63) is 17.0 Å². The van der Waals surface area contributed by atoms with Gasteiger partial charge in [-0.25, -0.2) is 0 Å². The Hall–Kier alpha value is -0.830. The van der Waals surface area contributed by atoms with Crippen LogP contribution in [0.3, 0.4) is 0 Å². The highest BCUT2D eigenvalue weighted by Crippen LogP contribution is 2.33. The van der Waals surface area contributed by atoms with Crippen molar-refractivity contribution in [1.82, 2.24) is 9.78 Å². The highest BCUT2D eigenvalue weighted by atomic mass is 15.3. The van der Waals surface area contributed by atoms with Gasteiger partial charge in [0.1, 0.15) is 0 Å². The zero-order valence-electron chi connectivity index (χ0n) is 10.7. The van der Waals surface area contributed by atoms with Crippen molar-refractivity contribution in [2.24, 2.45) is 18.7 Å². The van der Waals surface area contributed by atoms with E-state index in [1.165, 1.54) is 36.9 Å². The predicted octanol–water partition coefficient (Wildman–Crippen LogP) is 2.62. The van der Waals surface area contributed by atoms with Crippen molar-refractivity contribution >= 4 is 0 Å². The maximum atomic E-state index is 6.34. The van der Waals surface area contributed by atoms with Crippen LogP contribution >= 0.6 is 0 Å². The van der Waals surface area contributed by atoms with Crippen LogP contribution in [-0.2, 0) is 7.05 Å². The summed E-state index contributed by atoms with van der Waals surface area (Å²) in [5.74, 6) is 0.842. The number of nitrogens with zero attached hydrogens (tertiary/aromatic N) is 2. The van der Waals surface area contributed by atoms with Crippen molar-refractivity contribution in [3.63, 3.8) is 0 Å². The monoisotopic (exact) mass is 221 g/mol. The Morgan fingerprint density at radius 3 is 2.50 bits per heavy atom. The van der Waals surface area contributed by atoms with E-state index in [0.29, 0.717) is 0 Å². The molecular formula is C13H23N3. The fraction of sp³-hybridized carbons (Fsp3) is 0.769. The number of rotatable bonds is 3. The Bertz CT molecular complexity index is 361. The van der Waals surface area contributed by atoms with E-state index in [9.17, 15) is 0 Å². The molecule has 1 aromatic heterocycles. The van der Waals surface area contributed by atoms with Crippen molar-refractivity contribution in [2.75, 3.05) is 0 Å². The van der Waals surface area contributed by atoms with Gasteiger partial charge in [0.2, 0.25) is 0 Å². The largest absolute Gasteiger partial charge is 0.324 e. The molecule has 1 aliphatic rings. The zero-order valence-corrected chi connectivity index (χ0v) is 10.7. The molecule has 16 heavy (non-hydrogen) atoms. The standard InChI is InChI=1S/C13H23N3/c1-9-13(10(2)16(3)15-9)12(14)8-11-6-4-5-7-11/h11-12H,4-8,14H2,1-3H3. The minimum Gasteiger partial charge on any atom is -0.324 e. The van der Waals surface area contributed by atoms with Crippen LogP contribution in [0.5, 0.6) is 0 Å². The molecule has 1 aliphatic carbocycles. The Balaban J connectivity index is 2.10. The molecule has 1 saturated carbocycles. The van der Waals surface area contributed by atoms with Crippen LogP contribution in [0.1, 0.15) is 55.1 Å². The second-order valence-corrected chi connectivity index (χ2v) is 5.20. The molecule has 1 unspecified atom stereocenters. The number of hydrogen-bond donors (Lipinski definition) is 1. The summed E-state index contributed by atoms with van der Waals surface area (Å²) >= 11 is 0. The summed E-state index contributed by atoms with van der Waals surface area (Å²) < 4.78 is 1.94. The third-order valence-corrected chi connectivity index (χ3v) is 4.00. The highest BCUT2D eigenvalue weighted by molar-refractivity contribution is 5.27. The highest BCUT2D eigenvalue weighted by Gasteiger charge is 2.22. The third kappa shape index (κ3) is 2.14. The first-order valence-corrected chi connectivity index (χ1v) is 6.35. The van der Waals surface area contributed by atoms with Gasteiger partial charge in [-0.1, -0.05) is 25.7 Å². The summed E-state index contributed by atoms with van der Waals surface area (Å²) in [6, 6.07) is 0.178. The molecule has 0 aliphatic heterocycles. The van der Waals surface area contributed by atoms with Gasteiger partial charge >= 0.3 is 0 Å². The lowest BCUT2D eigenvalue weighted by molar-refractivity contribution is 0.449. The Morgan fingerprint density at radius 2 is 2.00 bits per heavy atom. The lowest BCUT2D eigenvalue weighted by Gasteiger charge is -2.17. The average Bonchev–Trinajstić information content (AvgIpc) is 2.77. The second-order valence-electron chi connectivity index (χ2n) is 5.20. The summed E-state index contributed by atoms with van der Waals surface area (Å²) in [6.45, 7) is 4.18. The molecule has 0 amide bonds. The van der Waals surface area contributed by atoms with Gasteiger partial charge in [-0.2, -0.15) is 5.10 Å². The van der Waals surface area contributed by atoms with Crippen LogP contribution in [0, 0.1) is 19.8 Å². The van der Waals surface area contributed by atoms with Crippen LogP contribution in [-0.4, -0.2) is 9.78 Å². The predicted molar refractivity (Wildman–Crippen MR) is 66.2 cm³/mol. The summed E-state index contributed by atoms with van der Waals surface area (Å²) in [5.41, 5.74) is 9.94. The molecule has 1 fully saturated rings. The Morgan fingerprint density at radius 1 is 1.38 bits per heavy atom. The molecule has 0 aromatic carbocycles.